The van der Waals surface area contributed by atoms with Gasteiger partial charge in [0.15, 0.2) is 11.5 Å². The van der Waals surface area contributed by atoms with Crippen LogP contribution in [-0.4, -0.2) is 65.8 Å². The number of rotatable bonds is 6. The van der Waals surface area contributed by atoms with Crippen molar-refractivity contribution < 1.29 is 28.6 Å². The summed E-state index contributed by atoms with van der Waals surface area (Å²) < 4.78 is 17.1. The van der Waals surface area contributed by atoms with Crippen molar-refractivity contribution in [1.29, 1.82) is 0 Å². The van der Waals surface area contributed by atoms with Gasteiger partial charge in [0.05, 0.1) is 6.61 Å². The highest BCUT2D eigenvalue weighted by Crippen LogP contribution is 2.39. The molecule has 1 spiro atoms. The van der Waals surface area contributed by atoms with Gasteiger partial charge in [-0.05, 0) is 42.7 Å². The molecule has 0 radical (unpaired) electrons. The topological polar surface area (TPSA) is 97.4 Å². The van der Waals surface area contributed by atoms with Crippen molar-refractivity contribution >= 4 is 17.7 Å². The maximum absolute atomic E-state index is 13.9. The lowest BCUT2D eigenvalue weighted by atomic mass is 9.95. The van der Waals surface area contributed by atoms with E-state index < -0.39 is 11.8 Å². The minimum absolute atomic E-state index is 0.102. The molecular weight excluding hydrogens is 486 g/mol. The first-order valence-electron chi connectivity index (χ1n) is 13.2. The number of carbonyl (C=O) groups is 3. The predicted molar refractivity (Wildman–Crippen MR) is 140 cm³/mol. The molecule has 3 aliphatic rings. The number of nitrogens with one attached hydrogen (secondary N) is 1. The molecule has 3 heterocycles. The van der Waals surface area contributed by atoms with E-state index >= 15 is 0 Å². The van der Waals surface area contributed by atoms with E-state index in [1.165, 1.54) is 0 Å². The van der Waals surface area contributed by atoms with Crippen LogP contribution in [0.25, 0.3) is 0 Å². The van der Waals surface area contributed by atoms with Crippen molar-refractivity contribution in [2.75, 3.05) is 26.5 Å². The summed E-state index contributed by atoms with van der Waals surface area (Å²) in [5.41, 5.74) is 1.41. The average molecular weight is 522 g/mol. The summed E-state index contributed by atoms with van der Waals surface area (Å²) in [7, 11) is 0. The number of likely N-dealkylation sites (tertiary alicyclic amines) is 1. The van der Waals surface area contributed by atoms with Gasteiger partial charge in [-0.1, -0.05) is 37.6 Å². The van der Waals surface area contributed by atoms with Crippen LogP contribution in [-0.2, 0) is 20.9 Å². The lowest BCUT2D eigenvalue weighted by Gasteiger charge is -2.44. The Kier molecular flexibility index (Phi) is 7.29. The zero-order valence-electron chi connectivity index (χ0n) is 22.2. The molecule has 38 heavy (non-hydrogen) atoms. The summed E-state index contributed by atoms with van der Waals surface area (Å²) in [6.07, 6.45) is 1.41. The number of hydrogen-bond donors (Lipinski definition) is 1. The molecule has 1 N–H and O–H groups in total. The Bertz CT molecular complexity index is 1220. The van der Waals surface area contributed by atoms with Gasteiger partial charge >= 0.3 is 0 Å². The van der Waals surface area contributed by atoms with Crippen LogP contribution in [0.15, 0.2) is 42.5 Å². The summed E-state index contributed by atoms with van der Waals surface area (Å²) >= 11 is 0. The van der Waals surface area contributed by atoms with Gasteiger partial charge in [0.1, 0.15) is 11.8 Å². The van der Waals surface area contributed by atoms with E-state index in [1.54, 1.807) is 11.0 Å². The molecule has 2 fully saturated rings. The molecule has 202 valence electrons. The lowest BCUT2D eigenvalue weighted by Crippen LogP contribution is -2.59. The van der Waals surface area contributed by atoms with Crippen molar-refractivity contribution in [3.05, 3.63) is 59.2 Å². The maximum Gasteiger partial charge on any atom is 0.256 e. The van der Waals surface area contributed by atoms with Gasteiger partial charge in [-0.3, -0.25) is 19.3 Å². The number of amides is 3. The van der Waals surface area contributed by atoms with Crippen molar-refractivity contribution in [3.63, 3.8) is 0 Å². The molecule has 0 saturated carbocycles. The van der Waals surface area contributed by atoms with Gasteiger partial charge in [0.25, 0.3) is 5.91 Å². The fraction of sp³-hybridized carbons (Fsp3) is 0.483. The number of fused-ring (bicyclic) bond motifs is 1. The number of carbonyl (C=O) groups excluding carboxylic acids is 3. The second-order valence-corrected chi connectivity index (χ2v) is 10.7. The van der Waals surface area contributed by atoms with Crippen molar-refractivity contribution in [2.24, 2.45) is 5.92 Å². The third kappa shape index (κ3) is 5.20. The fourth-order valence-corrected chi connectivity index (χ4v) is 5.43. The summed E-state index contributed by atoms with van der Waals surface area (Å²) in [6.45, 7) is 7.51. The summed E-state index contributed by atoms with van der Waals surface area (Å²) in [6, 6.07) is 12.1. The van der Waals surface area contributed by atoms with E-state index in [-0.39, 0.29) is 43.6 Å². The fourth-order valence-electron chi connectivity index (χ4n) is 5.43. The molecule has 0 aromatic heterocycles. The Balaban J connectivity index is 1.34. The number of benzene rings is 2. The van der Waals surface area contributed by atoms with E-state index in [2.05, 4.69) is 5.32 Å². The molecule has 0 bridgehead atoms. The lowest BCUT2D eigenvalue weighted by molar-refractivity contribution is -0.144. The number of aryl methyl sites for hydroxylation is 1. The summed E-state index contributed by atoms with van der Waals surface area (Å²) in [4.78, 5) is 43.5. The second-order valence-electron chi connectivity index (χ2n) is 10.7. The van der Waals surface area contributed by atoms with Crippen LogP contribution in [0.1, 0.15) is 54.6 Å². The first-order chi connectivity index (χ1) is 18.3. The van der Waals surface area contributed by atoms with Crippen LogP contribution >= 0.6 is 0 Å². The van der Waals surface area contributed by atoms with E-state index in [9.17, 15) is 14.4 Å². The van der Waals surface area contributed by atoms with Crippen LogP contribution in [0.3, 0.4) is 0 Å². The van der Waals surface area contributed by atoms with Crippen LogP contribution in [0.2, 0.25) is 0 Å². The number of ether oxygens (including phenoxy) is 3. The standard InChI is InChI=1S/C29H35N3O6/c1-19(2)13-26(33)31-11-9-29(10-12-31)32(28(35)22-6-4-5-20(3)14-22)23(17-38-29)27(34)30-16-21-7-8-24-25(15-21)37-18-36-24/h4-8,14-15,19,23H,9-13,16-18H2,1-3H3,(H,30,34). The first kappa shape index (κ1) is 26.0. The highest BCUT2D eigenvalue weighted by atomic mass is 16.7. The quantitative estimate of drug-likeness (QED) is 0.627. The monoisotopic (exact) mass is 521 g/mol. The molecule has 9 nitrogen and oxygen atoms in total. The predicted octanol–water partition coefficient (Wildman–Crippen LogP) is 3.25. The molecule has 5 rings (SSSR count). The molecule has 3 aliphatic heterocycles. The molecule has 2 saturated heterocycles. The van der Waals surface area contributed by atoms with Crippen molar-refractivity contribution in [2.45, 2.75) is 58.3 Å². The third-order valence-electron chi connectivity index (χ3n) is 7.43. The van der Waals surface area contributed by atoms with E-state index in [4.69, 9.17) is 14.2 Å². The van der Waals surface area contributed by atoms with Crippen LogP contribution < -0.4 is 14.8 Å². The molecule has 1 unspecified atom stereocenters. The maximum atomic E-state index is 13.9. The van der Waals surface area contributed by atoms with Crippen LogP contribution in [0.4, 0.5) is 0 Å². The second kappa shape index (κ2) is 10.6. The Morgan fingerprint density at radius 3 is 2.55 bits per heavy atom. The highest BCUT2D eigenvalue weighted by molar-refractivity contribution is 5.98. The molecule has 0 aliphatic carbocycles. The van der Waals surface area contributed by atoms with Crippen molar-refractivity contribution in [1.82, 2.24) is 15.1 Å². The minimum atomic E-state index is -0.934. The van der Waals surface area contributed by atoms with Gasteiger partial charge in [-0.15, -0.1) is 0 Å². The van der Waals surface area contributed by atoms with E-state index in [0.29, 0.717) is 49.4 Å². The summed E-state index contributed by atoms with van der Waals surface area (Å²) in [5, 5.41) is 2.98. The molecule has 2 aromatic rings. The number of nitrogens with zero attached hydrogens (tertiary/aromatic N) is 2. The summed E-state index contributed by atoms with van der Waals surface area (Å²) in [5.74, 6) is 1.20. The Morgan fingerprint density at radius 1 is 1.05 bits per heavy atom. The third-order valence-corrected chi connectivity index (χ3v) is 7.43. The highest BCUT2D eigenvalue weighted by Gasteiger charge is 2.54. The molecule has 3 amide bonds. The Labute approximate surface area is 223 Å². The largest absolute Gasteiger partial charge is 0.454 e. The Morgan fingerprint density at radius 2 is 1.82 bits per heavy atom. The zero-order chi connectivity index (χ0) is 26.9. The molecule has 2 aromatic carbocycles. The van der Waals surface area contributed by atoms with Crippen LogP contribution in [0, 0.1) is 12.8 Å². The van der Waals surface area contributed by atoms with Crippen molar-refractivity contribution in [3.8, 4) is 11.5 Å². The molecule has 1 atom stereocenters. The smallest absolute Gasteiger partial charge is 0.256 e. The van der Waals surface area contributed by atoms with E-state index in [1.807, 2.05) is 62.1 Å². The number of piperidine rings is 1. The normalized spacial score (nSPS) is 19.7. The first-order valence-corrected chi connectivity index (χ1v) is 13.2. The van der Waals surface area contributed by atoms with Gasteiger partial charge in [-0.25, -0.2) is 0 Å². The van der Waals surface area contributed by atoms with Gasteiger partial charge in [0, 0.05) is 44.5 Å². The molecular formula is C29H35N3O6. The van der Waals surface area contributed by atoms with Gasteiger partial charge < -0.3 is 24.4 Å². The van der Waals surface area contributed by atoms with Gasteiger partial charge in [0.2, 0.25) is 18.6 Å². The zero-order valence-corrected chi connectivity index (χ0v) is 22.2. The SMILES string of the molecule is Cc1cccc(C(=O)N2C(C(=O)NCc3ccc4c(c3)OCO4)COC23CCN(C(=O)CC(C)C)CC3)c1. The molecule has 9 heteroatoms. The average Bonchev–Trinajstić information content (AvgIpc) is 3.51. The minimum Gasteiger partial charge on any atom is -0.454 e. The number of hydrogen-bond acceptors (Lipinski definition) is 6. The van der Waals surface area contributed by atoms with Crippen LogP contribution in [0.5, 0.6) is 11.5 Å². The van der Waals surface area contributed by atoms with E-state index in [0.717, 1.165) is 11.1 Å². The Hall–Kier alpha value is -3.59. The van der Waals surface area contributed by atoms with Gasteiger partial charge in [-0.2, -0.15) is 0 Å².